The van der Waals surface area contributed by atoms with Gasteiger partial charge < -0.3 is 10.6 Å². The number of thiazole rings is 1. The lowest BCUT2D eigenvalue weighted by atomic mass is 9.97. The third kappa shape index (κ3) is 4.57. The molecular weight excluding hydrogens is 512 g/mol. The molecule has 6 rings (SSSR count). The maximum atomic E-state index is 13.3. The third-order valence-corrected chi connectivity index (χ3v) is 8.41. The van der Waals surface area contributed by atoms with Crippen molar-refractivity contribution in [2.24, 2.45) is 7.05 Å². The number of pyridine rings is 1. The minimum atomic E-state index is -0.305. The van der Waals surface area contributed by atoms with E-state index in [-0.39, 0.29) is 23.4 Å². The van der Waals surface area contributed by atoms with E-state index >= 15 is 0 Å². The van der Waals surface area contributed by atoms with Crippen LogP contribution in [0.15, 0.2) is 49.1 Å². The van der Waals surface area contributed by atoms with Crippen molar-refractivity contribution in [3.05, 3.63) is 65.9 Å². The maximum Gasteiger partial charge on any atom is 0.260 e. The molecule has 0 unspecified atom stereocenters. The lowest BCUT2D eigenvalue weighted by Crippen LogP contribution is -2.64. The first kappa shape index (κ1) is 25.2. The number of carbonyl (C=O) groups is 2. The van der Waals surface area contributed by atoms with Gasteiger partial charge in [-0.05, 0) is 39.8 Å². The molecule has 2 N–H and O–H groups in total. The lowest BCUT2D eigenvalue weighted by molar-refractivity contribution is 0.0331. The summed E-state index contributed by atoms with van der Waals surface area (Å²) in [7, 11) is 1.92. The minimum absolute atomic E-state index is 0.0822. The van der Waals surface area contributed by atoms with E-state index in [2.05, 4.69) is 51.5 Å². The number of likely N-dealkylation sites (tertiary alicyclic amines) is 1. The first-order valence-corrected chi connectivity index (χ1v) is 13.6. The smallest absolute Gasteiger partial charge is 0.260 e. The van der Waals surface area contributed by atoms with Crippen molar-refractivity contribution in [2.45, 2.75) is 39.3 Å². The summed E-state index contributed by atoms with van der Waals surface area (Å²) < 4.78 is 3.56. The number of aryl methyl sites for hydroxylation is 2. The molecule has 39 heavy (non-hydrogen) atoms. The number of hydrogen-bond acceptors (Lipinski definition) is 7. The second-order valence-electron chi connectivity index (χ2n) is 11.0. The summed E-state index contributed by atoms with van der Waals surface area (Å²) in [6.45, 7) is 9.92. The van der Waals surface area contributed by atoms with Crippen molar-refractivity contribution < 1.29 is 9.59 Å². The number of rotatable bonds is 5. The molecule has 0 spiro atoms. The van der Waals surface area contributed by atoms with Gasteiger partial charge in [0.2, 0.25) is 0 Å². The monoisotopic (exact) mass is 542 g/mol. The van der Waals surface area contributed by atoms with Gasteiger partial charge in [0.1, 0.15) is 4.83 Å². The van der Waals surface area contributed by atoms with Crippen molar-refractivity contribution in [3.8, 4) is 10.4 Å². The van der Waals surface area contributed by atoms with Crippen LogP contribution in [0.25, 0.3) is 26.2 Å². The van der Waals surface area contributed by atoms with E-state index in [1.165, 1.54) is 11.3 Å². The molecule has 1 fully saturated rings. The topological polar surface area (TPSA) is 109 Å². The predicted octanol–water partition coefficient (Wildman–Crippen LogP) is 4.12. The molecule has 10 nitrogen and oxygen atoms in total. The summed E-state index contributed by atoms with van der Waals surface area (Å²) in [4.78, 5) is 34.6. The van der Waals surface area contributed by atoms with E-state index in [0.717, 1.165) is 39.3 Å². The second-order valence-corrected chi connectivity index (χ2v) is 12.0. The normalized spacial score (nSPS) is 14.6. The Kier molecular flexibility index (Phi) is 6.00. The molecule has 1 saturated heterocycles. The van der Waals surface area contributed by atoms with Gasteiger partial charge in [0.15, 0.2) is 0 Å². The average Bonchev–Trinajstić information content (AvgIpc) is 3.56. The molecule has 1 aliphatic heterocycles. The van der Waals surface area contributed by atoms with Crippen LogP contribution in [0.4, 0.5) is 5.69 Å². The van der Waals surface area contributed by atoms with Crippen LogP contribution in [0.5, 0.6) is 0 Å². The highest BCUT2D eigenvalue weighted by atomic mass is 32.1. The molecule has 5 heterocycles. The van der Waals surface area contributed by atoms with Crippen LogP contribution in [0, 0.1) is 6.92 Å². The van der Waals surface area contributed by atoms with Crippen molar-refractivity contribution in [1.82, 2.24) is 34.6 Å². The van der Waals surface area contributed by atoms with Crippen LogP contribution in [-0.2, 0) is 7.05 Å². The fourth-order valence-corrected chi connectivity index (χ4v) is 5.92. The van der Waals surface area contributed by atoms with Gasteiger partial charge in [-0.15, -0.1) is 11.3 Å². The number of carbonyl (C=O) groups excluding carboxylic acids is 2. The molecule has 1 aliphatic rings. The summed E-state index contributed by atoms with van der Waals surface area (Å²) in [6, 6.07) is 7.85. The lowest BCUT2D eigenvalue weighted by Gasteiger charge is -2.47. The fraction of sp³-hybridized carbons (Fsp3) is 0.321. The molecule has 1 aromatic carbocycles. The van der Waals surface area contributed by atoms with E-state index in [9.17, 15) is 9.59 Å². The number of nitrogens with one attached hydrogen (secondary N) is 2. The third-order valence-electron chi connectivity index (χ3n) is 7.26. The molecule has 0 bridgehead atoms. The minimum Gasteiger partial charge on any atom is -0.347 e. The van der Waals surface area contributed by atoms with Crippen LogP contribution in [0.2, 0.25) is 0 Å². The summed E-state index contributed by atoms with van der Waals surface area (Å²) in [5.41, 5.74) is 4.14. The molecule has 4 aromatic heterocycles. The molecule has 0 radical (unpaired) electrons. The first-order chi connectivity index (χ1) is 18.6. The van der Waals surface area contributed by atoms with E-state index < -0.39 is 0 Å². The highest BCUT2D eigenvalue weighted by Gasteiger charge is 2.35. The molecule has 5 aromatic rings. The largest absolute Gasteiger partial charge is 0.347 e. The van der Waals surface area contributed by atoms with Crippen molar-refractivity contribution in [3.63, 3.8) is 0 Å². The average molecular weight is 543 g/mol. The summed E-state index contributed by atoms with van der Waals surface area (Å²) >= 11 is 1.50. The zero-order valence-corrected chi connectivity index (χ0v) is 23.3. The Bertz CT molecular complexity index is 1740. The van der Waals surface area contributed by atoms with Crippen LogP contribution in [0.3, 0.4) is 0 Å². The van der Waals surface area contributed by atoms with Gasteiger partial charge in [0, 0.05) is 49.0 Å². The van der Waals surface area contributed by atoms with E-state index in [4.69, 9.17) is 0 Å². The summed E-state index contributed by atoms with van der Waals surface area (Å²) in [6.07, 6.45) is 6.89. The number of aromatic nitrogens is 5. The van der Waals surface area contributed by atoms with Gasteiger partial charge in [-0.3, -0.25) is 24.2 Å². The van der Waals surface area contributed by atoms with Crippen molar-refractivity contribution in [2.75, 3.05) is 18.4 Å². The van der Waals surface area contributed by atoms with Crippen molar-refractivity contribution >= 4 is 44.6 Å². The van der Waals surface area contributed by atoms with Gasteiger partial charge in [-0.1, -0.05) is 12.1 Å². The van der Waals surface area contributed by atoms with Gasteiger partial charge in [-0.2, -0.15) is 10.2 Å². The molecule has 0 atom stereocenters. The second kappa shape index (κ2) is 9.28. The SMILES string of the molecule is Cc1ncc(C(=O)NC2CN(C(C)(C)C)C2)cc1NC(=O)c1cnn2cc(-c3cccc4c3cnn4C)sc12. The van der Waals surface area contributed by atoms with Crippen LogP contribution >= 0.6 is 11.3 Å². The zero-order valence-electron chi connectivity index (χ0n) is 22.5. The number of amides is 2. The molecule has 11 heteroatoms. The Labute approximate surface area is 229 Å². The predicted molar refractivity (Wildman–Crippen MR) is 152 cm³/mol. The Morgan fingerprint density at radius 3 is 2.64 bits per heavy atom. The Hall–Kier alpha value is -4.09. The Balaban J connectivity index is 1.20. The van der Waals surface area contributed by atoms with Gasteiger partial charge in [0.05, 0.1) is 51.3 Å². The van der Waals surface area contributed by atoms with Crippen LogP contribution in [0.1, 0.15) is 47.2 Å². The highest BCUT2D eigenvalue weighted by Crippen LogP contribution is 2.35. The van der Waals surface area contributed by atoms with Gasteiger partial charge in [0.25, 0.3) is 11.8 Å². The zero-order chi connectivity index (χ0) is 27.5. The van der Waals surface area contributed by atoms with E-state index in [0.29, 0.717) is 22.5 Å². The number of benzene rings is 1. The molecule has 0 saturated carbocycles. The van der Waals surface area contributed by atoms with Crippen LogP contribution < -0.4 is 10.6 Å². The number of nitrogens with zero attached hydrogens (tertiary/aromatic N) is 6. The Morgan fingerprint density at radius 2 is 1.87 bits per heavy atom. The fourth-order valence-electron chi connectivity index (χ4n) is 4.82. The highest BCUT2D eigenvalue weighted by molar-refractivity contribution is 7.21. The maximum absolute atomic E-state index is 13.3. The molecule has 2 amide bonds. The molecule has 200 valence electrons. The van der Waals surface area contributed by atoms with E-state index in [1.807, 2.05) is 42.3 Å². The number of anilines is 1. The summed E-state index contributed by atoms with van der Waals surface area (Å²) in [5, 5.41) is 15.8. The Morgan fingerprint density at radius 1 is 1.08 bits per heavy atom. The van der Waals surface area contributed by atoms with Gasteiger partial charge >= 0.3 is 0 Å². The standard InChI is InChI=1S/C28H30N8O2S/c1-16-22(9-17(10-29-16)25(37)32-18-13-35(14-18)28(2,3)4)33-26(38)21-12-31-36-15-24(39-27(21)36)19-7-6-8-23-20(19)11-30-34(23)5/h6-12,15,18H,13-14H2,1-5H3,(H,32,37)(H,33,38). The molecular formula is C28H30N8O2S. The number of hydrogen-bond donors (Lipinski definition) is 2. The van der Waals surface area contributed by atoms with E-state index in [1.54, 1.807) is 29.9 Å². The summed E-state index contributed by atoms with van der Waals surface area (Å²) in [5.74, 6) is -0.503. The quantitative estimate of drug-likeness (QED) is 0.346. The first-order valence-electron chi connectivity index (χ1n) is 12.8. The number of fused-ring (bicyclic) bond motifs is 2. The van der Waals surface area contributed by atoms with Crippen molar-refractivity contribution in [1.29, 1.82) is 0 Å². The molecule has 0 aliphatic carbocycles. The van der Waals surface area contributed by atoms with Crippen LogP contribution in [-0.4, -0.2) is 65.8 Å². The van der Waals surface area contributed by atoms with Gasteiger partial charge in [-0.25, -0.2) is 4.52 Å².